The maximum Gasteiger partial charge on any atom is 0.223 e. The fourth-order valence-electron chi connectivity index (χ4n) is 4.08. The molecule has 1 fully saturated rings. The lowest BCUT2D eigenvalue weighted by atomic mass is 10.1. The summed E-state index contributed by atoms with van der Waals surface area (Å²) in [4.78, 5) is 24.0. The van der Waals surface area contributed by atoms with Gasteiger partial charge in [0.05, 0.1) is 24.5 Å². The van der Waals surface area contributed by atoms with E-state index in [1.54, 1.807) is 0 Å². The highest BCUT2D eigenvalue weighted by atomic mass is 16.5. The summed E-state index contributed by atoms with van der Waals surface area (Å²) < 4.78 is 6.00. The third-order valence-corrected chi connectivity index (χ3v) is 5.75. The molecule has 1 aliphatic rings. The standard InChI is InChI=1S/C24H30N6O2/c1-15-6-5-7-23(26-15)27-19-12-16(2)25-21(13-19)22-14-30(10-11-32-22)24(31)9-8-20-17(3)28-29-18(20)4/h5-7,12-13,22H,8-11,14H2,1-4H3,(H,28,29)(H,25,26,27). The van der Waals surface area contributed by atoms with E-state index in [-0.39, 0.29) is 12.0 Å². The average molecular weight is 435 g/mol. The number of carbonyl (C=O) groups excluding carboxylic acids is 1. The van der Waals surface area contributed by atoms with Crippen LogP contribution in [0, 0.1) is 27.7 Å². The Labute approximate surface area is 188 Å². The van der Waals surface area contributed by atoms with E-state index in [1.165, 1.54) is 0 Å². The third-order valence-electron chi connectivity index (χ3n) is 5.75. The molecule has 1 atom stereocenters. The highest BCUT2D eigenvalue weighted by Crippen LogP contribution is 2.26. The second kappa shape index (κ2) is 9.48. The van der Waals surface area contributed by atoms with E-state index in [0.29, 0.717) is 32.5 Å². The fourth-order valence-corrected chi connectivity index (χ4v) is 4.08. The van der Waals surface area contributed by atoms with Crippen LogP contribution in [0.4, 0.5) is 11.5 Å². The summed E-state index contributed by atoms with van der Waals surface area (Å²) in [6.45, 7) is 9.48. The zero-order chi connectivity index (χ0) is 22.7. The van der Waals surface area contributed by atoms with E-state index in [9.17, 15) is 4.79 Å². The Morgan fingerprint density at radius 2 is 2.03 bits per heavy atom. The Balaban J connectivity index is 1.43. The zero-order valence-electron chi connectivity index (χ0n) is 19.1. The van der Waals surface area contributed by atoms with Gasteiger partial charge in [-0.15, -0.1) is 0 Å². The molecule has 4 rings (SSSR count). The Bertz CT molecular complexity index is 1090. The number of amides is 1. The summed E-state index contributed by atoms with van der Waals surface area (Å²) in [6, 6.07) is 9.83. The van der Waals surface area contributed by atoms with Crippen LogP contribution in [0.3, 0.4) is 0 Å². The van der Waals surface area contributed by atoms with Crippen LogP contribution in [0.1, 0.15) is 46.6 Å². The van der Waals surface area contributed by atoms with Crippen molar-refractivity contribution in [1.29, 1.82) is 0 Å². The van der Waals surface area contributed by atoms with Gasteiger partial charge in [-0.2, -0.15) is 5.10 Å². The number of aromatic nitrogens is 4. The lowest BCUT2D eigenvalue weighted by molar-refractivity contribution is -0.139. The van der Waals surface area contributed by atoms with Crippen LogP contribution in [-0.4, -0.2) is 50.7 Å². The van der Waals surface area contributed by atoms with Gasteiger partial charge in [-0.1, -0.05) is 6.07 Å². The van der Waals surface area contributed by atoms with Crippen LogP contribution < -0.4 is 5.32 Å². The number of H-pyrrole nitrogens is 1. The van der Waals surface area contributed by atoms with Crippen molar-refractivity contribution in [2.75, 3.05) is 25.0 Å². The Kier molecular flexibility index (Phi) is 6.50. The van der Waals surface area contributed by atoms with Crippen LogP contribution >= 0.6 is 0 Å². The summed E-state index contributed by atoms with van der Waals surface area (Å²) in [5.74, 6) is 0.918. The number of hydrogen-bond acceptors (Lipinski definition) is 6. The molecule has 4 heterocycles. The first-order chi connectivity index (χ1) is 15.4. The number of hydrogen-bond donors (Lipinski definition) is 2. The Morgan fingerprint density at radius 3 is 2.78 bits per heavy atom. The molecule has 2 N–H and O–H groups in total. The minimum absolute atomic E-state index is 0.133. The van der Waals surface area contributed by atoms with E-state index in [4.69, 9.17) is 4.74 Å². The molecule has 1 aliphatic heterocycles. The van der Waals surface area contributed by atoms with Crippen molar-refractivity contribution in [2.45, 2.75) is 46.6 Å². The predicted molar refractivity (Wildman–Crippen MR) is 123 cm³/mol. The predicted octanol–water partition coefficient (Wildman–Crippen LogP) is 3.71. The maximum atomic E-state index is 12.9. The van der Waals surface area contributed by atoms with Gasteiger partial charge in [0.1, 0.15) is 11.9 Å². The Morgan fingerprint density at radius 1 is 1.19 bits per heavy atom. The number of pyridine rings is 2. The minimum Gasteiger partial charge on any atom is -0.368 e. The highest BCUT2D eigenvalue weighted by Gasteiger charge is 2.27. The van der Waals surface area contributed by atoms with Gasteiger partial charge in [0.2, 0.25) is 5.91 Å². The number of ether oxygens (including phenoxy) is 1. The summed E-state index contributed by atoms with van der Waals surface area (Å²) in [5, 5.41) is 10.6. The van der Waals surface area contributed by atoms with Crippen molar-refractivity contribution in [3.8, 4) is 0 Å². The van der Waals surface area contributed by atoms with Gasteiger partial charge in [0.25, 0.3) is 0 Å². The number of rotatable bonds is 6. The number of aromatic amines is 1. The first kappa shape index (κ1) is 22.0. The number of aryl methyl sites for hydroxylation is 4. The second-order valence-electron chi connectivity index (χ2n) is 8.32. The van der Waals surface area contributed by atoms with Crippen LogP contribution in [0.15, 0.2) is 30.3 Å². The van der Waals surface area contributed by atoms with Crippen molar-refractivity contribution >= 4 is 17.4 Å². The average Bonchev–Trinajstić information content (AvgIpc) is 3.09. The van der Waals surface area contributed by atoms with Gasteiger partial charge >= 0.3 is 0 Å². The van der Waals surface area contributed by atoms with E-state index in [1.807, 2.05) is 62.9 Å². The van der Waals surface area contributed by atoms with Crippen molar-refractivity contribution in [3.05, 3.63) is 64.4 Å². The number of morpholine rings is 1. The highest BCUT2D eigenvalue weighted by molar-refractivity contribution is 5.76. The SMILES string of the molecule is Cc1cccc(Nc2cc(C)nc(C3CN(C(=O)CCc4c(C)n[nH]c4C)CCO3)c2)n1. The number of nitrogens with zero attached hydrogens (tertiary/aromatic N) is 4. The van der Waals surface area contributed by atoms with Gasteiger partial charge in [0, 0.05) is 35.7 Å². The van der Waals surface area contributed by atoms with Crippen molar-refractivity contribution in [2.24, 2.45) is 0 Å². The molecule has 8 heteroatoms. The number of anilines is 2. The molecule has 0 spiro atoms. The van der Waals surface area contributed by atoms with Gasteiger partial charge in [-0.25, -0.2) is 4.98 Å². The first-order valence-electron chi connectivity index (χ1n) is 11.0. The summed E-state index contributed by atoms with van der Waals surface area (Å²) in [5.41, 5.74) is 6.68. The van der Waals surface area contributed by atoms with Crippen LogP contribution in [0.25, 0.3) is 0 Å². The molecular formula is C24H30N6O2. The van der Waals surface area contributed by atoms with E-state index in [0.717, 1.165) is 45.5 Å². The molecule has 1 saturated heterocycles. The summed E-state index contributed by atoms with van der Waals surface area (Å²) in [6.07, 6.45) is 0.895. The smallest absolute Gasteiger partial charge is 0.223 e. The molecule has 1 unspecified atom stereocenters. The lowest BCUT2D eigenvalue weighted by Crippen LogP contribution is -2.42. The second-order valence-corrected chi connectivity index (χ2v) is 8.32. The van der Waals surface area contributed by atoms with Gasteiger partial charge in [0.15, 0.2) is 0 Å². The summed E-state index contributed by atoms with van der Waals surface area (Å²) >= 11 is 0. The molecule has 0 radical (unpaired) electrons. The van der Waals surface area contributed by atoms with Crippen molar-refractivity contribution in [1.82, 2.24) is 25.1 Å². The zero-order valence-corrected chi connectivity index (χ0v) is 19.1. The van der Waals surface area contributed by atoms with Crippen LogP contribution in [-0.2, 0) is 16.0 Å². The van der Waals surface area contributed by atoms with Gasteiger partial charge in [-0.05, 0) is 63.9 Å². The minimum atomic E-state index is -0.254. The molecule has 0 bridgehead atoms. The molecule has 8 nitrogen and oxygen atoms in total. The molecular weight excluding hydrogens is 404 g/mol. The van der Waals surface area contributed by atoms with Crippen molar-refractivity contribution < 1.29 is 9.53 Å². The largest absolute Gasteiger partial charge is 0.368 e. The lowest BCUT2D eigenvalue weighted by Gasteiger charge is -2.33. The summed E-state index contributed by atoms with van der Waals surface area (Å²) in [7, 11) is 0. The van der Waals surface area contributed by atoms with E-state index < -0.39 is 0 Å². The normalized spacial score (nSPS) is 16.2. The van der Waals surface area contributed by atoms with E-state index in [2.05, 4.69) is 25.5 Å². The molecule has 3 aromatic rings. The molecule has 0 aromatic carbocycles. The van der Waals surface area contributed by atoms with Gasteiger partial charge in [-0.3, -0.25) is 14.9 Å². The monoisotopic (exact) mass is 434 g/mol. The number of carbonyl (C=O) groups is 1. The molecule has 1 amide bonds. The quantitative estimate of drug-likeness (QED) is 0.614. The molecule has 0 saturated carbocycles. The first-order valence-corrected chi connectivity index (χ1v) is 11.0. The maximum absolute atomic E-state index is 12.9. The van der Waals surface area contributed by atoms with Crippen LogP contribution in [0.5, 0.6) is 0 Å². The van der Waals surface area contributed by atoms with Crippen LogP contribution in [0.2, 0.25) is 0 Å². The third kappa shape index (κ3) is 5.13. The molecule has 0 aliphatic carbocycles. The molecule has 168 valence electrons. The fraction of sp³-hybridized carbons (Fsp3) is 0.417. The molecule has 32 heavy (non-hydrogen) atoms. The molecule has 3 aromatic heterocycles. The number of nitrogens with one attached hydrogen (secondary N) is 2. The van der Waals surface area contributed by atoms with Crippen molar-refractivity contribution in [3.63, 3.8) is 0 Å². The Hall–Kier alpha value is -3.26. The van der Waals surface area contributed by atoms with E-state index >= 15 is 0 Å². The topological polar surface area (TPSA) is 96.0 Å². The van der Waals surface area contributed by atoms with Gasteiger partial charge < -0.3 is 15.0 Å².